The normalized spacial score (nSPS) is 12.3. The maximum atomic E-state index is 11.2. The van der Waals surface area contributed by atoms with Gasteiger partial charge in [0.25, 0.3) is 0 Å². The van der Waals surface area contributed by atoms with Crippen molar-refractivity contribution in [3.05, 3.63) is 36.4 Å². The quantitative estimate of drug-likeness (QED) is 0.795. The Morgan fingerprint density at radius 1 is 0.700 bits per heavy atom. The van der Waals surface area contributed by atoms with Crippen molar-refractivity contribution in [3.8, 4) is 11.5 Å². The van der Waals surface area contributed by atoms with Crippen LogP contribution in [0.2, 0.25) is 0 Å². The predicted octanol–water partition coefficient (Wildman–Crippen LogP) is 1.52. The van der Waals surface area contributed by atoms with Gasteiger partial charge in [0, 0.05) is 10.8 Å². The minimum absolute atomic E-state index is 0.115. The fourth-order valence-electron chi connectivity index (χ4n) is 1.72. The molecule has 8 heteroatoms. The van der Waals surface area contributed by atoms with E-state index in [1.54, 1.807) is 24.3 Å². The summed E-state index contributed by atoms with van der Waals surface area (Å²) in [6.45, 7) is 0. The molecule has 108 valence electrons. The van der Waals surface area contributed by atoms with Crippen LogP contribution in [-0.2, 0) is 20.2 Å². The monoisotopic (exact) mass is 316 g/mol. The summed E-state index contributed by atoms with van der Waals surface area (Å²) >= 11 is 0. The topological polar surface area (TPSA) is 86.7 Å². The van der Waals surface area contributed by atoms with Crippen molar-refractivity contribution in [1.29, 1.82) is 0 Å². The zero-order valence-electron chi connectivity index (χ0n) is 10.7. The van der Waals surface area contributed by atoms with E-state index in [1.165, 1.54) is 12.1 Å². The zero-order chi connectivity index (χ0) is 15.0. The Kier molecular flexibility index (Phi) is 3.61. The lowest BCUT2D eigenvalue weighted by molar-refractivity contribution is 0.489. The van der Waals surface area contributed by atoms with Crippen LogP contribution in [0.25, 0.3) is 10.8 Å². The van der Waals surface area contributed by atoms with Crippen molar-refractivity contribution in [3.63, 3.8) is 0 Å². The Labute approximate surface area is 117 Å². The third kappa shape index (κ3) is 3.61. The Morgan fingerprint density at radius 2 is 1.05 bits per heavy atom. The number of benzene rings is 2. The summed E-state index contributed by atoms with van der Waals surface area (Å²) in [6, 6.07) is 9.30. The van der Waals surface area contributed by atoms with E-state index in [4.69, 9.17) is 8.37 Å². The smallest absolute Gasteiger partial charge is 0.306 e. The van der Waals surface area contributed by atoms with Gasteiger partial charge in [-0.3, -0.25) is 0 Å². The van der Waals surface area contributed by atoms with Crippen molar-refractivity contribution in [2.45, 2.75) is 0 Å². The predicted molar refractivity (Wildman–Crippen MR) is 74.9 cm³/mol. The van der Waals surface area contributed by atoms with E-state index in [0.717, 1.165) is 12.5 Å². The summed E-state index contributed by atoms with van der Waals surface area (Å²) < 4.78 is 54.6. The summed E-state index contributed by atoms with van der Waals surface area (Å²) in [7, 11) is -7.35. The molecule has 2 aromatic carbocycles. The molecule has 2 rings (SSSR count). The molecule has 0 saturated carbocycles. The van der Waals surface area contributed by atoms with Gasteiger partial charge < -0.3 is 8.37 Å². The van der Waals surface area contributed by atoms with E-state index in [2.05, 4.69) is 0 Å². The van der Waals surface area contributed by atoms with Crippen LogP contribution in [0, 0.1) is 0 Å². The van der Waals surface area contributed by atoms with Crippen LogP contribution in [0.5, 0.6) is 11.5 Å². The third-order valence-electron chi connectivity index (χ3n) is 2.33. The van der Waals surface area contributed by atoms with Crippen LogP contribution in [0.3, 0.4) is 0 Å². The third-order valence-corrected chi connectivity index (χ3v) is 3.29. The molecular formula is C12H12O6S2. The van der Waals surface area contributed by atoms with E-state index in [1.807, 2.05) is 0 Å². The standard InChI is InChI=1S/C12H12O6S2/c1-19(13,14)17-11-7-8-12(18-20(2,15)16)10-6-4-3-5-9(10)11/h3-8H,1-2H3. The first-order valence-corrected chi connectivity index (χ1v) is 9.10. The Bertz CT molecular complexity index is 780. The van der Waals surface area contributed by atoms with Crippen LogP contribution in [0.4, 0.5) is 0 Å². The Hall–Kier alpha value is -1.80. The Morgan fingerprint density at radius 3 is 1.35 bits per heavy atom. The molecule has 2 aromatic rings. The maximum Gasteiger partial charge on any atom is 0.306 e. The number of fused-ring (bicyclic) bond motifs is 1. The molecule has 0 saturated heterocycles. The lowest BCUT2D eigenvalue weighted by Crippen LogP contribution is -2.08. The highest BCUT2D eigenvalue weighted by Gasteiger charge is 2.14. The van der Waals surface area contributed by atoms with Gasteiger partial charge in [0.2, 0.25) is 0 Å². The molecule has 0 aliphatic heterocycles. The van der Waals surface area contributed by atoms with Crippen LogP contribution in [-0.4, -0.2) is 29.3 Å². The van der Waals surface area contributed by atoms with Crippen molar-refractivity contribution >= 4 is 31.0 Å². The van der Waals surface area contributed by atoms with E-state index in [-0.39, 0.29) is 11.5 Å². The van der Waals surface area contributed by atoms with Crippen LogP contribution < -0.4 is 8.37 Å². The molecule has 0 amide bonds. The maximum absolute atomic E-state index is 11.2. The summed E-state index contributed by atoms with van der Waals surface area (Å²) in [4.78, 5) is 0. The van der Waals surface area contributed by atoms with Crippen LogP contribution >= 0.6 is 0 Å². The highest BCUT2D eigenvalue weighted by Crippen LogP contribution is 2.34. The first kappa shape index (κ1) is 14.6. The van der Waals surface area contributed by atoms with Gasteiger partial charge >= 0.3 is 20.2 Å². The van der Waals surface area contributed by atoms with Gasteiger partial charge in [-0.15, -0.1) is 0 Å². The summed E-state index contributed by atoms with van der Waals surface area (Å²) in [5.41, 5.74) is 0. The number of hydrogen-bond donors (Lipinski definition) is 0. The van der Waals surface area contributed by atoms with Gasteiger partial charge in [0.15, 0.2) is 11.5 Å². The van der Waals surface area contributed by atoms with Crippen molar-refractivity contribution in [1.82, 2.24) is 0 Å². The van der Waals surface area contributed by atoms with Gasteiger partial charge in [-0.25, -0.2) is 0 Å². The van der Waals surface area contributed by atoms with Gasteiger partial charge in [0.05, 0.1) is 12.5 Å². The fraction of sp³-hybridized carbons (Fsp3) is 0.167. The molecule has 0 heterocycles. The number of hydrogen-bond acceptors (Lipinski definition) is 6. The average molecular weight is 316 g/mol. The highest BCUT2D eigenvalue weighted by atomic mass is 32.2. The second-order valence-corrected chi connectivity index (χ2v) is 7.33. The van der Waals surface area contributed by atoms with Crippen molar-refractivity contribution in [2.75, 3.05) is 12.5 Å². The molecule has 0 fully saturated rings. The molecule has 0 N–H and O–H groups in total. The van der Waals surface area contributed by atoms with Crippen molar-refractivity contribution < 1.29 is 25.2 Å². The van der Waals surface area contributed by atoms with E-state index in [0.29, 0.717) is 10.8 Å². The first-order valence-electron chi connectivity index (χ1n) is 5.46. The molecule has 0 aromatic heterocycles. The summed E-state index contributed by atoms with van der Waals surface area (Å²) in [5.74, 6) is 0.230. The molecule has 0 aliphatic rings. The second kappa shape index (κ2) is 4.95. The Balaban J connectivity index is 2.64. The minimum Gasteiger partial charge on any atom is -0.382 e. The molecule has 0 aliphatic carbocycles. The molecule has 0 atom stereocenters. The summed E-state index contributed by atoms with van der Waals surface area (Å²) in [6.07, 6.45) is 1.87. The van der Waals surface area contributed by atoms with Gasteiger partial charge in [0.1, 0.15) is 0 Å². The largest absolute Gasteiger partial charge is 0.382 e. The lowest BCUT2D eigenvalue weighted by atomic mass is 10.1. The fourth-order valence-corrected chi connectivity index (χ4v) is 2.66. The highest BCUT2D eigenvalue weighted by molar-refractivity contribution is 7.86. The average Bonchev–Trinajstić information content (AvgIpc) is 2.29. The molecule has 0 unspecified atom stereocenters. The van der Waals surface area contributed by atoms with Gasteiger partial charge in [-0.05, 0) is 12.1 Å². The molecule has 0 bridgehead atoms. The number of rotatable bonds is 4. The van der Waals surface area contributed by atoms with E-state index >= 15 is 0 Å². The molecule has 0 spiro atoms. The molecule has 20 heavy (non-hydrogen) atoms. The molecule has 6 nitrogen and oxygen atoms in total. The van der Waals surface area contributed by atoms with E-state index < -0.39 is 20.2 Å². The zero-order valence-corrected chi connectivity index (χ0v) is 12.4. The SMILES string of the molecule is CS(=O)(=O)Oc1ccc(OS(C)(=O)=O)c2ccccc12. The van der Waals surface area contributed by atoms with Gasteiger partial charge in [-0.2, -0.15) is 16.8 Å². The summed E-state index contributed by atoms with van der Waals surface area (Å²) in [5, 5.41) is 0.887. The van der Waals surface area contributed by atoms with Gasteiger partial charge in [-0.1, -0.05) is 24.3 Å². The van der Waals surface area contributed by atoms with E-state index in [9.17, 15) is 16.8 Å². The molecule has 0 radical (unpaired) electrons. The van der Waals surface area contributed by atoms with Crippen molar-refractivity contribution in [2.24, 2.45) is 0 Å². The minimum atomic E-state index is -3.68. The molecular weight excluding hydrogens is 304 g/mol. The van der Waals surface area contributed by atoms with Crippen LogP contribution in [0.15, 0.2) is 36.4 Å². The van der Waals surface area contributed by atoms with Crippen LogP contribution in [0.1, 0.15) is 0 Å². The lowest BCUT2D eigenvalue weighted by Gasteiger charge is -2.10. The first-order chi connectivity index (χ1) is 9.16. The second-order valence-electron chi connectivity index (χ2n) is 4.18.